The molecule has 17 heavy (non-hydrogen) atoms. The van der Waals surface area contributed by atoms with E-state index in [1.807, 2.05) is 70.2 Å². The largest absolute Gasteiger partial charge is 0.262 e. The molecule has 2 rings (SSSR count). The minimum Gasteiger partial charge on any atom is -0.262 e. The van der Waals surface area contributed by atoms with E-state index in [1.54, 1.807) is 6.20 Å². The fraction of sp³-hybridized carbons (Fsp3) is 0.267. The first-order chi connectivity index (χ1) is 8.20. The van der Waals surface area contributed by atoms with E-state index in [9.17, 15) is 0 Å². The standard InChI is InChI=1S/C7H7Cl.C6H7N.C2H6/c1-6-4-2-3-5-7(6)8;1-6-4-2-3-5-7-6;1-2/h2-5H,1H3;2-5H,1H3;1-2H3. The lowest BCUT2D eigenvalue weighted by Gasteiger charge is -1.90. The Balaban J connectivity index is 0.000000265. The van der Waals surface area contributed by atoms with Gasteiger partial charge in [0.2, 0.25) is 0 Å². The van der Waals surface area contributed by atoms with Crippen LogP contribution in [-0.4, -0.2) is 4.98 Å². The SMILES string of the molecule is CC.Cc1ccccc1Cl.Cc1ccccn1. The molecule has 1 heterocycles. The molecule has 0 N–H and O–H groups in total. The van der Waals surface area contributed by atoms with Crippen molar-refractivity contribution < 1.29 is 0 Å². The van der Waals surface area contributed by atoms with E-state index < -0.39 is 0 Å². The highest BCUT2D eigenvalue weighted by molar-refractivity contribution is 6.31. The van der Waals surface area contributed by atoms with E-state index >= 15 is 0 Å². The van der Waals surface area contributed by atoms with Gasteiger partial charge < -0.3 is 0 Å². The molecule has 0 aliphatic heterocycles. The van der Waals surface area contributed by atoms with Crippen LogP contribution in [0.25, 0.3) is 0 Å². The van der Waals surface area contributed by atoms with Gasteiger partial charge in [0.15, 0.2) is 0 Å². The summed E-state index contributed by atoms with van der Waals surface area (Å²) in [7, 11) is 0. The fourth-order valence-electron chi connectivity index (χ4n) is 0.999. The summed E-state index contributed by atoms with van der Waals surface area (Å²) in [6, 6.07) is 13.6. The molecule has 0 radical (unpaired) electrons. The topological polar surface area (TPSA) is 12.9 Å². The second-order valence-electron chi connectivity index (χ2n) is 3.22. The highest BCUT2D eigenvalue weighted by Crippen LogP contribution is 2.11. The first-order valence-corrected chi connectivity index (χ1v) is 6.16. The molecule has 0 bridgehead atoms. The van der Waals surface area contributed by atoms with Gasteiger partial charge in [-0.2, -0.15) is 0 Å². The molecule has 92 valence electrons. The molecule has 1 aromatic carbocycles. The van der Waals surface area contributed by atoms with Crippen molar-refractivity contribution in [3.8, 4) is 0 Å². The van der Waals surface area contributed by atoms with Gasteiger partial charge in [-0.15, -0.1) is 0 Å². The number of benzene rings is 1. The molecule has 2 heteroatoms. The van der Waals surface area contributed by atoms with Crippen LogP contribution in [0.15, 0.2) is 48.7 Å². The van der Waals surface area contributed by atoms with Crippen molar-refractivity contribution in [2.24, 2.45) is 0 Å². The molecule has 1 nitrogen and oxygen atoms in total. The van der Waals surface area contributed by atoms with Crippen molar-refractivity contribution in [2.75, 3.05) is 0 Å². The Morgan fingerprint density at radius 1 is 0.882 bits per heavy atom. The van der Waals surface area contributed by atoms with Crippen LogP contribution in [0.1, 0.15) is 25.1 Å². The number of hydrogen-bond acceptors (Lipinski definition) is 1. The molecule has 0 amide bonds. The second-order valence-corrected chi connectivity index (χ2v) is 3.63. The van der Waals surface area contributed by atoms with Crippen LogP contribution in [-0.2, 0) is 0 Å². The third kappa shape index (κ3) is 7.53. The van der Waals surface area contributed by atoms with Crippen LogP contribution in [0, 0.1) is 13.8 Å². The summed E-state index contributed by atoms with van der Waals surface area (Å²) < 4.78 is 0. The Bertz CT molecular complexity index is 378. The maximum atomic E-state index is 5.71. The lowest BCUT2D eigenvalue weighted by atomic mass is 10.2. The zero-order valence-corrected chi connectivity index (χ0v) is 11.7. The Kier molecular flexibility index (Phi) is 9.08. The number of hydrogen-bond donors (Lipinski definition) is 0. The lowest BCUT2D eigenvalue weighted by molar-refractivity contribution is 1.20. The summed E-state index contributed by atoms with van der Waals surface area (Å²) in [4.78, 5) is 3.98. The molecule has 1 aromatic heterocycles. The molecular formula is C15H20ClN. The number of pyridine rings is 1. The van der Waals surface area contributed by atoms with Crippen molar-refractivity contribution in [3.05, 3.63) is 64.9 Å². The van der Waals surface area contributed by atoms with Gasteiger partial charge in [0.05, 0.1) is 0 Å². The van der Waals surface area contributed by atoms with Crippen LogP contribution >= 0.6 is 11.6 Å². The van der Waals surface area contributed by atoms with Crippen LogP contribution in [0.4, 0.5) is 0 Å². The first kappa shape index (κ1) is 15.7. The lowest BCUT2D eigenvalue weighted by Crippen LogP contribution is -1.72. The third-order valence-electron chi connectivity index (χ3n) is 1.89. The van der Waals surface area contributed by atoms with Gasteiger partial charge in [-0.3, -0.25) is 4.98 Å². The molecule has 0 saturated heterocycles. The van der Waals surface area contributed by atoms with E-state index in [4.69, 9.17) is 11.6 Å². The normalized spacial score (nSPS) is 8.29. The summed E-state index contributed by atoms with van der Waals surface area (Å²) >= 11 is 5.71. The van der Waals surface area contributed by atoms with Gasteiger partial charge >= 0.3 is 0 Å². The van der Waals surface area contributed by atoms with Crippen molar-refractivity contribution in [3.63, 3.8) is 0 Å². The Labute approximate surface area is 109 Å². The molecule has 2 aromatic rings. The molecule has 0 spiro atoms. The zero-order valence-electron chi connectivity index (χ0n) is 10.9. The number of halogens is 1. The molecule has 0 aliphatic carbocycles. The molecule has 0 saturated carbocycles. The number of aryl methyl sites for hydroxylation is 2. The molecule has 0 unspecified atom stereocenters. The van der Waals surface area contributed by atoms with Crippen molar-refractivity contribution in [1.29, 1.82) is 0 Å². The maximum absolute atomic E-state index is 5.71. The zero-order chi connectivity index (χ0) is 13.1. The van der Waals surface area contributed by atoms with E-state index in [0.717, 1.165) is 16.3 Å². The van der Waals surface area contributed by atoms with Crippen molar-refractivity contribution in [1.82, 2.24) is 4.98 Å². The Morgan fingerprint density at radius 2 is 1.47 bits per heavy atom. The Hall–Kier alpha value is -1.34. The van der Waals surface area contributed by atoms with Gasteiger partial charge in [-0.1, -0.05) is 49.7 Å². The minimum absolute atomic E-state index is 0.840. The molecular weight excluding hydrogens is 230 g/mol. The molecule has 0 fully saturated rings. The fourth-order valence-corrected chi connectivity index (χ4v) is 1.13. The van der Waals surface area contributed by atoms with Gasteiger partial charge in [-0.25, -0.2) is 0 Å². The van der Waals surface area contributed by atoms with Crippen LogP contribution in [0.2, 0.25) is 5.02 Å². The molecule has 0 aliphatic rings. The predicted molar refractivity (Wildman–Crippen MR) is 76.5 cm³/mol. The first-order valence-electron chi connectivity index (χ1n) is 5.79. The Morgan fingerprint density at radius 3 is 1.76 bits per heavy atom. The predicted octanol–water partition coefficient (Wildman–Crippen LogP) is 5.06. The monoisotopic (exact) mass is 249 g/mol. The summed E-state index contributed by atoms with van der Waals surface area (Å²) in [6.45, 7) is 7.96. The number of aromatic nitrogens is 1. The summed E-state index contributed by atoms with van der Waals surface area (Å²) in [5, 5.41) is 0.840. The van der Waals surface area contributed by atoms with Crippen LogP contribution < -0.4 is 0 Å². The highest BCUT2D eigenvalue weighted by Gasteiger charge is 1.86. The van der Waals surface area contributed by atoms with Gasteiger partial charge in [0, 0.05) is 16.9 Å². The average molecular weight is 250 g/mol. The van der Waals surface area contributed by atoms with Crippen LogP contribution in [0.5, 0.6) is 0 Å². The smallest absolute Gasteiger partial charge is 0.0435 e. The second kappa shape index (κ2) is 9.86. The summed E-state index contributed by atoms with van der Waals surface area (Å²) in [5.74, 6) is 0. The minimum atomic E-state index is 0.840. The number of rotatable bonds is 0. The highest BCUT2D eigenvalue weighted by atomic mass is 35.5. The van der Waals surface area contributed by atoms with Gasteiger partial charge in [0.1, 0.15) is 0 Å². The van der Waals surface area contributed by atoms with Gasteiger partial charge in [0.25, 0.3) is 0 Å². The van der Waals surface area contributed by atoms with E-state index in [2.05, 4.69) is 4.98 Å². The summed E-state index contributed by atoms with van der Waals surface area (Å²) in [5.41, 5.74) is 2.21. The van der Waals surface area contributed by atoms with Crippen molar-refractivity contribution in [2.45, 2.75) is 27.7 Å². The van der Waals surface area contributed by atoms with E-state index in [-0.39, 0.29) is 0 Å². The van der Waals surface area contributed by atoms with Crippen LogP contribution in [0.3, 0.4) is 0 Å². The average Bonchev–Trinajstić information content (AvgIpc) is 2.37. The van der Waals surface area contributed by atoms with Crippen molar-refractivity contribution >= 4 is 11.6 Å². The quantitative estimate of drug-likeness (QED) is 0.636. The summed E-state index contributed by atoms with van der Waals surface area (Å²) in [6.07, 6.45) is 1.79. The maximum Gasteiger partial charge on any atom is 0.0435 e. The molecule has 0 atom stereocenters. The van der Waals surface area contributed by atoms with E-state index in [0.29, 0.717) is 0 Å². The third-order valence-corrected chi connectivity index (χ3v) is 2.31. The van der Waals surface area contributed by atoms with E-state index in [1.165, 1.54) is 0 Å². The van der Waals surface area contributed by atoms with Gasteiger partial charge in [-0.05, 0) is 37.6 Å². The number of nitrogens with zero attached hydrogens (tertiary/aromatic N) is 1.